The van der Waals surface area contributed by atoms with Gasteiger partial charge in [-0.2, -0.15) is 0 Å². The number of hydrogen-bond acceptors (Lipinski definition) is 4. The molecular formula is C20H19N3O2S. The predicted molar refractivity (Wildman–Crippen MR) is 104 cm³/mol. The topological polar surface area (TPSA) is 62.3 Å². The summed E-state index contributed by atoms with van der Waals surface area (Å²) in [4.78, 5) is 32.3. The van der Waals surface area contributed by atoms with E-state index in [-0.39, 0.29) is 11.8 Å². The average Bonchev–Trinajstić information content (AvgIpc) is 3.18. The molecule has 0 atom stereocenters. The van der Waals surface area contributed by atoms with Gasteiger partial charge >= 0.3 is 0 Å². The molecule has 1 aliphatic heterocycles. The van der Waals surface area contributed by atoms with Crippen LogP contribution in [0.2, 0.25) is 0 Å². The predicted octanol–water partition coefficient (Wildman–Crippen LogP) is 4.17. The number of carbonyl (C=O) groups is 2. The van der Waals surface area contributed by atoms with Gasteiger partial charge in [-0.1, -0.05) is 18.2 Å². The van der Waals surface area contributed by atoms with E-state index in [4.69, 9.17) is 0 Å². The SMILES string of the molecule is O=C(Nc1cccc2cccnc12)c1sccc1C(=O)N1CCCCC1. The Morgan fingerprint density at radius 2 is 1.85 bits per heavy atom. The van der Waals surface area contributed by atoms with Crippen LogP contribution in [0.5, 0.6) is 0 Å². The number of amides is 2. The number of piperidine rings is 1. The van der Waals surface area contributed by atoms with E-state index in [1.807, 2.05) is 35.2 Å². The second-order valence-corrected chi connectivity index (χ2v) is 7.27. The van der Waals surface area contributed by atoms with Gasteiger partial charge in [0.05, 0.1) is 16.8 Å². The summed E-state index contributed by atoms with van der Waals surface area (Å²) in [5.74, 6) is -0.314. The number of para-hydroxylation sites is 1. The summed E-state index contributed by atoms with van der Waals surface area (Å²) in [6, 6.07) is 11.2. The fraction of sp³-hybridized carbons (Fsp3) is 0.250. The third-order valence-corrected chi connectivity index (χ3v) is 5.54. The number of carbonyl (C=O) groups excluding carboxylic acids is 2. The van der Waals surface area contributed by atoms with Gasteiger partial charge in [0.1, 0.15) is 4.88 Å². The van der Waals surface area contributed by atoms with Gasteiger partial charge < -0.3 is 10.2 Å². The smallest absolute Gasteiger partial charge is 0.266 e. The number of nitrogens with one attached hydrogen (secondary N) is 1. The molecule has 4 rings (SSSR count). The zero-order chi connectivity index (χ0) is 17.9. The first-order valence-electron chi connectivity index (χ1n) is 8.76. The maximum absolute atomic E-state index is 12.8. The molecule has 26 heavy (non-hydrogen) atoms. The summed E-state index contributed by atoms with van der Waals surface area (Å²) in [6.07, 6.45) is 4.92. The molecule has 1 aliphatic rings. The number of hydrogen-bond donors (Lipinski definition) is 1. The van der Waals surface area contributed by atoms with E-state index in [1.54, 1.807) is 17.6 Å². The summed E-state index contributed by atoms with van der Waals surface area (Å²) in [5, 5.41) is 5.68. The summed E-state index contributed by atoms with van der Waals surface area (Å²) in [7, 11) is 0. The highest BCUT2D eigenvalue weighted by atomic mass is 32.1. The molecule has 6 heteroatoms. The van der Waals surface area contributed by atoms with Crippen LogP contribution in [0.25, 0.3) is 10.9 Å². The normalized spacial score (nSPS) is 14.4. The van der Waals surface area contributed by atoms with E-state index in [2.05, 4.69) is 10.3 Å². The molecule has 0 spiro atoms. The van der Waals surface area contributed by atoms with Crippen molar-refractivity contribution in [1.29, 1.82) is 0 Å². The van der Waals surface area contributed by atoms with Crippen LogP contribution in [0.1, 0.15) is 39.3 Å². The number of benzene rings is 1. The van der Waals surface area contributed by atoms with Gasteiger partial charge in [-0.05, 0) is 42.8 Å². The minimum atomic E-state index is -0.265. The number of thiophene rings is 1. The van der Waals surface area contributed by atoms with Crippen LogP contribution < -0.4 is 5.32 Å². The van der Waals surface area contributed by atoms with E-state index in [0.717, 1.165) is 43.3 Å². The second-order valence-electron chi connectivity index (χ2n) is 6.35. The molecule has 1 fully saturated rings. The van der Waals surface area contributed by atoms with Gasteiger partial charge in [0.25, 0.3) is 11.8 Å². The third kappa shape index (κ3) is 3.20. The number of fused-ring (bicyclic) bond motifs is 1. The molecule has 0 radical (unpaired) electrons. The van der Waals surface area contributed by atoms with Gasteiger partial charge in [-0.25, -0.2) is 0 Å². The monoisotopic (exact) mass is 365 g/mol. The van der Waals surface area contributed by atoms with Crippen LogP contribution in [0.3, 0.4) is 0 Å². The molecule has 3 heterocycles. The van der Waals surface area contributed by atoms with Crippen molar-refractivity contribution in [3.8, 4) is 0 Å². The first-order valence-corrected chi connectivity index (χ1v) is 9.64. The first kappa shape index (κ1) is 16.7. The number of aromatic nitrogens is 1. The minimum absolute atomic E-state index is 0.0489. The quantitative estimate of drug-likeness (QED) is 0.757. The molecule has 0 aliphatic carbocycles. The number of anilines is 1. The molecule has 2 aromatic heterocycles. The summed E-state index contributed by atoms with van der Waals surface area (Å²) < 4.78 is 0. The van der Waals surface area contributed by atoms with Crippen LogP contribution in [0, 0.1) is 0 Å². The van der Waals surface area contributed by atoms with Crippen LogP contribution in [0.15, 0.2) is 48.0 Å². The van der Waals surface area contributed by atoms with Crippen molar-refractivity contribution in [3.05, 3.63) is 58.4 Å². The average molecular weight is 365 g/mol. The molecule has 132 valence electrons. The zero-order valence-electron chi connectivity index (χ0n) is 14.3. The number of nitrogens with zero attached hydrogens (tertiary/aromatic N) is 2. The summed E-state index contributed by atoms with van der Waals surface area (Å²) in [5.41, 5.74) is 1.88. The van der Waals surface area contributed by atoms with E-state index in [1.165, 1.54) is 11.3 Å². The molecule has 2 amide bonds. The van der Waals surface area contributed by atoms with Crippen LogP contribution in [-0.4, -0.2) is 34.8 Å². The Labute approximate surface area is 155 Å². The van der Waals surface area contributed by atoms with Crippen molar-refractivity contribution in [3.63, 3.8) is 0 Å². The highest BCUT2D eigenvalue weighted by molar-refractivity contribution is 7.12. The fourth-order valence-corrected chi connectivity index (χ4v) is 4.09. The number of likely N-dealkylation sites (tertiary alicyclic amines) is 1. The fourth-order valence-electron chi connectivity index (χ4n) is 3.31. The molecule has 1 aromatic carbocycles. The second kappa shape index (κ2) is 7.25. The van der Waals surface area contributed by atoms with Crippen LogP contribution in [-0.2, 0) is 0 Å². The molecular weight excluding hydrogens is 346 g/mol. The summed E-state index contributed by atoms with van der Waals surface area (Å²) >= 11 is 1.29. The minimum Gasteiger partial charge on any atom is -0.339 e. The van der Waals surface area contributed by atoms with Crippen molar-refractivity contribution >= 4 is 39.7 Å². The Bertz CT molecular complexity index is 955. The Balaban J connectivity index is 1.59. The van der Waals surface area contributed by atoms with E-state index in [9.17, 15) is 9.59 Å². The van der Waals surface area contributed by atoms with Gasteiger partial charge in [-0.15, -0.1) is 11.3 Å². The maximum Gasteiger partial charge on any atom is 0.266 e. The van der Waals surface area contributed by atoms with Gasteiger partial charge in [0, 0.05) is 24.7 Å². The number of pyridine rings is 1. The van der Waals surface area contributed by atoms with Crippen molar-refractivity contribution in [1.82, 2.24) is 9.88 Å². The molecule has 1 N–H and O–H groups in total. The van der Waals surface area contributed by atoms with Crippen LogP contribution >= 0.6 is 11.3 Å². The van der Waals surface area contributed by atoms with E-state index >= 15 is 0 Å². The molecule has 1 saturated heterocycles. The molecule has 0 saturated carbocycles. The Morgan fingerprint density at radius 3 is 2.69 bits per heavy atom. The lowest BCUT2D eigenvalue weighted by Gasteiger charge is -2.26. The Kier molecular flexibility index (Phi) is 4.67. The summed E-state index contributed by atoms with van der Waals surface area (Å²) in [6.45, 7) is 1.53. The van der Waals surface area contributed by atoms with Gasteiger partial charge in [0.2, 0.25) is 0 Å². The Morgan fingerprint density at radius 1 is 1.04 bits per heavy atom. The third-order valence-electron chi connectivity index (χ3n) is 4.63. The lowest BCUT2D eigenvalue weighted by Crippen LogP contribution is -2.36. The maximum atomic E-state index is 12.8. The molecule has 5 nitrogen and oxygen atoms in total. The molecule has 0 bridgehead atoms. The molecule has 0 unspecified atom stereocenters. The highest BCUT2D eigenvalue weighted by Crippen LogP contribution is 2.25. The molecule has 3 aromatic rings. The zero-order valence-corrected chi connectivity index (χ0v) is 15.1. The van der Waals surface area contributed by atoms with Crippen molar-refractivity contribution in [2.75, 3.05) is 18.4 Å². The lowest BCUT2D eigenvalue weighted by molar-refractivity contribution is 0.0721. The van der Waals surface area contributed by atoms with Crippen molar-refractivity contribution in [2.45, 2.75) is 19.3 Å². The van der Waals surface area contributed by atoms with Crippen LogP contribution in [0.4, 0.5) is 5.69 Å². The number of rotatable bonds is 3. The standard InChI is InChI=1S/C20H19N3O2S/c24-19(22-16-8-4-6-14-7-5-10-21-17(14)16)18-15(9-13-26-18)20(25)23-11-2-1-3-12-23/h4-10,13H,1-3,11-12H2,(H,22,24). The Hall–Kier alpha value is -2.73. The highest BCUT2D eigenvalue weighted by Gasteiger charge is 2.24. The van der Waals surface area contributed by atoms with Crippen molar-refractivity contribution < 1.29 is 9.59 Å². The van der Waals surface area contributed by atoms with Gasteiger partial charge in [-0.3, -0.25) is 14.6 Å². The lowest BCUT2D eigenvalue weighted by atomic mass is 10.1. The van der Waals surface area contributed by atoms with E-state index < -0.39 is 0 Å². The largest absolute Gasteiger partial charge is 0.339 e. The first-order chi connectivity index (χ1) is 12.7. The van der Waals surface area contributed by atoms with Crippen molar-refractivity contribution in [2.24, 2.45) is 0 Å². The van der Waals surface area contributed by atoms with E-state index in [0.29, 0.717) is 16.1 Å². The van der Waals surface area contributed by atoms with Gasteiger partial charge in [0.15, 0.2) is 0 Å².